The summed E-state index contributed by atoms with van der Waals surface area (Å²) in [5.74, 6) is -0.207. The highest BCUT2D eigenvalue weighted by molar-refractivity contribution is 7.86. The molecule has 1 unspecified atom stereocenters. The molecule has 1 saturated carbocycles. The molecule has 0 heterocycles. The van der Waals surface area contributed by atoms with Crippen molar-refractivity contribution in [3.05, 3.63) is 29.8 Å². The molecule has 1 atom stereocenters. The minimum atomic E-state index is -1.08. The summed E-state index contributed by atoms with van der Waals surface area (Å²) in [5.41, 5.74) is 1.07. The minimum absolute atomic E-state index is 0.0431. The number of nitrogens with one attached hydrogen (secondary N) is 1. The summed E-state index contributed by atoms with van der Waals surface area (Å²) in [5, 5.41) is 11.6. The first kappa shape index (κ1) is 13.8. The Bertz CT molecular complexity index is 530. The van der Waals surface area contributed by atoms with Crippen molar-refractivity contribution in [2.75, 3.05) is 11.1 Å². The predicted molar refractivity (Wildman–Crippen MR) is 75.1 cm³/mol. The molecule has 1 fully saturated rings. The number of anilines is 1. The van der Waals surface area contributed by atoms with Crippen molar-refractivity contribution in [1.82, 2.24) is 0 Å². The zero-order valence-corrected chi connectivity index (χ0v) is 11.4. The first-order valence-electron chi connectivity index (χ1n) is 6.36. The first-order chi connectivity index (χ1) is 9.19. The average Bonchev–Trinajstić information content (AvgIpc) is 2.92. The molecule has 100 valence electrons. The molecule has 0 radical (unpaired) electrons. The molecular formula is C14H16N2O2S. The van der Waals surface area contributed by atoms with Gasteiger partial charge in [0.05, 0.1) is 11.6 Å². The van der Waals surface area contributed by atoms with E-state index in [4.69, 9.17) is 5.26 Å². The van der Waals surface area contributed by atoms with E-state index in [-0.39, 0.29) is 16.9 Å². The number of nitrogens with zero attached hydrogens (tertiary/aromatic N) is 1. The summed E-state index contributed by atoms with van der Waals surface area (Å²) in [4.78, 5) is 11.8. The molecule has 0 bridgehead atoms. The van der Waals surface area contributed by atoms with Gasteiger partial charge in [-0.3, -0.25) is 9.00 Å². The van der Waals surface area contributed by atoms with Gasteiger partial charge in [0.15, 0.2) is 0 Å². The molecule has 1 aliphatic rings. The Balaban J connectivity index is 1.90. The SMILES string of the molecule is N#Cc1cccc(NC(=O)CS(=O)C2CCCC2)c1. The van der Waals surface area contributed by atoms with Gasteiger partial charge < -0.3 is 5.32 Å². The van der Waals surface area contributed by atoms with Gasteiger partial charge in [-0.2, -0.15) is 5.26 Å². The van der Waals surface area contributed by atoms with Crippen LogP contribution in [0, 0.1) is 11.3 Å². The smallest absolute Gasteiger partial charge is 0.237 e. The summed E-state index contributed by atoms with van der Waals surface area (Å²) in [6.07, 6.45) is 4.15. The van der Waals surface area contributed by atoms with Gasteiger partial charge in [0.2, 0.25) is 5.91 Å². The van der Waals surface area contributed by atoms with Crippen molar-refractivity contribution in [2.24, 2.45) is 0 Å². The predicted octanol–water partition coefficient (Wildman–Crippen LogP) is 2.19. The van der Waals surface area contributed by atoms with Gasteiger partial charge in [0.1, 0.15) is 5.75 Å². The maximum Gasteiger partial charge on any atom is 0.237 e. The van der Waals surface area contributed by atoms with Crippen LogP contribution in [-0.2, 0) is 15.6 Å². The topological polar surface area (TPSA) is 70.0 Å². The second-order valence-corrected chi connectivity index (χ2v) is 6.39. The number of nitriles is 1. The highest BCUT2D eigenvalue weighted by Crippen LogP contribution is 2.23. The molecule has 0 spiro atoms. The maximum absolute atomic E-state index is 12.0. The third-order valence-electron chi connectivity index (χ3n) is 3.22. The summed E-state index contributed by atoms with van der Waals surface area (Å²) in [6, 6.07) is 8.73. The van der Waals surface area contributed by atoms with Crippen LogP contribution in [0.5, 0.6) is 0 Å². The molecule has 1 aromatic rings. The molecule has 0 aliphatic heterocycles. The fourth-order valence-electron chi connectivity index (χ4n) is 2.26. The van der Waals surface area contributed by atoms with E-state index in [2.05, 4.69) is 5.32 Å². The highest BCUT2D eigenvalue weighted by Gasteiger charge is 2.23. The molecule has 2 rings (SSSR count). The van der Waals surface area contributed by atoms with Crippen LogP contribution in [0.3, 0.4) is 0 Å². The zero-order chi connectivity index (χ0) is 13.7. The van der Waals surface area contributed by atoms with Gasteiger partial charge in [0, 0.05) is 21.7 Å². The monoisotopic (exact) mass is 276 g/mol. The number of carbonyl (C=O) groups excluding carboxylic acids is 1. The summed E-state index contributed by atoms with van der Waals surface area (Å²) >= 11 is 0. The average molecular weight is 276 g/mol. The lowest BCUT2D eigenvalue weighted by molar-refractivity contribution is -0.113. The largest absolute Gasteiger partial charge is 0.325 e. The molecule has 4 nitrogen and oxygen atoms in total. The van der Waals surface area contributed by atoms with Gasteiger partial charge >= 0.3 is 0 Å². The summed E-state index contributed by atoms with van der Waals surface area (Å²) in [6.45, 7) is 0. The van der Waals surface area contributed by atoms with Gasteiger partial charge in [-0.25, -0.2) is 0 Å². The molecular weight excluding hydrogens is 260 g/mol. The van der Waals surface area contributed by atoms with Crippen LogP contribution in [-0.4, -0.2) is 21.1 Å². The lowest BCUT2D eigenvalue weighted by Gasteiger charge is -2.09. The van der Waals surface area contributed by atoms with Crippen molar-refractivity contribution in [2.45, 2.75) is 30.9 Å². The van der Waals surface area contributed by atoms with Crippen LogP contribution in [0.2, 0.25) is 0 Å². The van der Waals surface area contributed by atoms with E-state index in [0.717, 1.165) is 25.7 Å². The normalized spacial score (nSPS) is 16.8. The second kappa shape index (κ2) is 6.48. The standard InChI is InChI=1S/C14H16N2O2S/c15-9-11-4-3-5-12(8-11)16-14(17)10-19(18)13-6-1-2-7-13/h3-5,8,13H,1-2,6-7,10H2,(H,16,17). The molecule has 19 heavy (non-hydrogen) atoms. The van der Waals surface area contributed by atoms with Crippen molar-refractivity contribution in [1.29, 1.82) is 5.26 Å². The molecule has 1 amide bonds. The van der Waals surface area contributed by atoms with Crippen LogP contribution < -0.4 is 5.32 Å². The van der Waals surface area contributed by atoms with E-state index in [1.165, 1.54) is 0 Å². The Morgan fingerprint density at radius 3 is 2.84 bits per heavy atom. The second-order valence-electron chi connectivity index (χ2n) is 4.67. The Labute approximate surface area is 115 Å². The fourth-order valence-corrected chi connectivity index (χ4v) is 3.69. The third-order valence-corrected chi connectivity index (χ3v) is 4.98. The van der Waals surface area contributed by atoms with Crippen LogP contribution in [0.15, 0.2) is 24.3 Å². The van der Waals surface area contributed by atoms with Gasteiger partial charge in [-0.1, -0.05) is 18.9 Å². The summed E-state index contributed by atoms with van der Waals surface area (Å²) in [7, 11) is -1.08. The minimum Gasteiger partial charge on any atom is -0.325 e. The van der Waals surface area contributed by atoms with Crippen LogP contribution in [0.4, 0.5) is 5.69 Å². The van der Waals surface area contributed by atoms with Gasteiger partial charge in [0.25, 0.3) is 0 Å². The van der Waals surface area contributed by atoms with Crippen molar-refractivity contribution < 1.29 is 9.00 Å². The van der Waals surface area contributed by atoms with Gasteiger partial charge in [-0.15, -0.1) is 0 Å². The number of hydrogen-bond donors (Lipinski definition) is 1. The molecule has 1 aliphatic carbocycles. The number of amides is 1. The third kappa shape index (κ3) is 3.90. The van der Waals surface area contributed by atoms with Crippen molar-refractivity contribution in [3.63, 3.8) is 0 Å². The molecule has 5 heteroatoms. The van der Waals surface area contributed by atoms with Crippen molar-refractivity contribution >= 4 is 22.4 Å². The van der Waals surface area contributed by atoms with Crippen LogP contribution in [0.1, 0.15) is 31.2 Å². The van der Waals surface area contributed by atoms with E-state index in [1.54, 1.807) is 24.3 Å². The number of benzene rings is 1. The molecule has 0 aromatic heterocycles. The van der Waals surface area contributed by atoms with Gasteiger partial charge in [-0.05, 0) is 31.0 Å². The quantitative estimate of drug-likeness (QED) is 0.916. The Kier molecular flexibility index (Phi) is 4.69. The van der Waals surface area contributed by atoms with E-state index in [9.17, 15) is 9.00 Å². The summed E-state index contributed by atoms with van der Waals surface area (Å²) < 4.78 is 12.0. The van der Waals surface area contributed by atoms with E-state index >= 15 is 0 Å². The highest BCUT2D eigenvalue weighted by atomic mass is 32.2. The molecule has 0 saturated heterocycles. The van der Waals surface area contributed by atoms with Crippen LogP contribution >= 0.6 is 0 Å². The maximum atomic E-state index is 12.0. The van der Waals surface area contributed by atoms with E-state index in [1.807, 2.05) is 6.07 Å². The van der Waals surface area contributed by atoms with Crippen LogP contribution in [0.25, 0.3) is 0 Å². The van der Waals surface area contributed by atoms with E-state index in [0.29, 0.717) is 11.3 Å². The Hall–Kier alpha value is -1.67. The molecule has 1 aromatic carbocycles. The van der Waals surface area contributed by atoms with Crippen molar-refractivity contribution in [3.8, 4) is 6.07 Å². The number of rotatable bonds is 4. The molecule has 1 N–H and O–H groups in total. The Morgan fingerprint density at radius 1 is 1.42 bits per heavy atom. The van der Waals surface area contributed by atoms with E-state index < -0.39 is 10.8 Å². The first-order valence-corrected chi connectivity index (χ1v) is 7.74. The zero-order valence-electron chi connectivity index (χ0n) is 10.6. The lowest BCUT2D eigenvalue weighted by atomic mass is 10.2. The number of hydrogen-bond acceptors (Lipinski definition) is 3. The lowest BCUT2D eigenvalue weighted by Crippen LogP contribution is -2.24. The fraction of sp³-hybridized carbons (Fsp3) is 0.429. The number of carbonyl (C=O) groups is 1. The Morgan fingerprint density at radius 2 is 2.16 bits per heavy atom.